The zero-order chi connectivity index (χ0) is 16.5. The van der Waals surface area contributed by atoms with Crippen molar-refractivity contribution in [1.82, 2.24) is 0 Å². The van der Waals surface area contributed by atoms with Crippen LogP contribution in [0.4, 0.5) is 5.69 Å². The number of carbonyl (C=O) groups is 2. The number of amides is 1. The van der Waals surface area contributed by atoms with Crippen molar-refractivity contribution in [2.45, 2.75) is 13.8 Å². The van der Waals surface area contributed by atoms with E-state index < -0.39 is 5.97 Å². The maximum Gasteiger partial charge on any atom is 0.339 e. The number of rotatable bonds is 4. The van der Waals surface area contributed by atoms with Gasteiger partial charge < -0.3 is 10.1 Å². The van der Waals surface area contributed by atoms with Crippen molar-refractivity contribution in [3.05, 3.63) is 40.4 Å². The smallest absolute Gasteiger partial charge is 0.339 e. The van der Waals surface area contributed by atoms with E-state index in [0.29, 0.717) is 11.3 Å². The van der Waals surface area contributed by atoms with Crippen LogP contribution in [0.25, 0.3) is 0 Å². The van der Waals surface area contributed by atoms with E-state index in [0.717, 1.165) is 0 Å². The Balaban J connectivity index is 2.18. The minimum atomic E-state index is -0.494. The SMILES string of the molecule is COC(=O)c1ccccc1NC(=O)[C@@H]1[C@H](C=C(Cl)Cl)C1(C)C. The van der Waals surface area contributed by atoms with Crippen molar-refractivity contribution >= 4 is 40.8 Å². The molecule has 4 nitrogen and oxygen atoms in total. The van der Waals surface area contributed by atoms with Crippen LogP contribution in [0, 0.1) is 17.3 Å². The quantitative estimate of drug-likeness (QED) is 0.842. The van der Waals surface area contributed by atoms with Crippen LogP contribution in [-0.4, -0.2) is 19.0 Å². The standard InChI is InChI=1S/C16H17Cl2NO3/c1-16(2)10(8-12(17)18)13(16)14(20)19-11-7-5-4-6-9(11)15(21)22-3/h4-8,10,13H,1-3H3,(H,19,20)/t10-,13-/m0/s1. The molecule has 1 aliphatic carbocycles. The second kappa shape index (κ2) is 6.31. The highest BCUT2D eigenvalue weighted by atomic mass is 35.5. The van der Waals surface area contributed by atoms with E-state index in [9.17, 15) is 9.59 Å². The molecule has 1 aliphatic rings. The number of allylic oxidation sites excluding steroid dienone is 1. The van der Waals surface area contributed by atoms with E-state index in [-0.39, 0.29) is 27.6 Å². The molecule has 1 saturated carbocycles. The lowest BCUT2D eigenvalue weighted by atomic mass is 10.1. The van der Waals surface area contributed by atoms with Crippen molar-refractivity contribution in [2.24, 2.45) is 17.3 Å². The Morgan fingerprint density at radius 1 is 1.27 bits per heavy atom. The lowest BCUT2D eigenvalue weighted by Gasteiger charge is -2.10. The Bertz CT molecular complexity index is 636. The molecule has 0 aliphatic heterocycles. The zero-order valence-electron chi connectivity index (χ0n) is 12.5. The van der Waals surface area contributed by atoms with Crippen molar-refractivity contribution in [3.8, 4) is 0 Å². The number of hydrogen-bond donors (Lipinski definition) is 1. The van der Waals surface area contributed by atoms with Gasteiger partial charge in [-0.1, -0.05) is 49.2 Å². The fourth-order valence-electron chi connectivity index (χ4n) is 2.72. The number of para-hydroxylation sites is 1. The molecule has 1 fully saturated rings. The minimum Gasteiger partial charge on any atom is -0.465 e. The second-order valence-corrected chi connectivity index (χ2v) is 6.82. The molecule has 0 spiro atoms. The molecule has 0 aromatic heterocycles. The number of halogens is 2. The second-order valence-electron chi connectivity index (χ2n) is 5.81. The third-order valence-electron chi connectivity index (χ3n) is 4.09. The summed E-state index contributed by atoms with van der Waals surface area (Å²) in [5, 5.41) is 2.79. The molecule has 0 heterocycles. The summed E-state index contributed by atoms with van der Waals surface area (Å²) in [6.45, 7) is 3.95. The van der Waals surface area contributed by atoms with Gasteiger partial charge in [0.05, 0.1) is 24.3 Å². The maximum absolute atomic E-state index is 12.5. The number of benzene rings is 1. The summed E-state index contributed by atoms with van der Waals surface area (Å²) < 4.78 is 4.87. The van der Waals surface area contributed by atoms with E-state index in [2.05, 4.69) is 5.32 Å². The zero-order valence-corrected chi connectivity index (χ0v) is 14.0. The molecule has 0 radical (unpaired) electrons. The Kier molecular flexibility index (Phi) is 4.83. The molecular formula is C16H17Cl2NO3. The first kappa shape index (κ1) is 16.8. The summed E-state index contributed by atoms with van der Waals surface area (Å²) in [7, 11) is 1.30. The van der Waals surface area contributed by atoms with Gasteiger partial charge in [-0.25, -0.2) is 4.79 Å². The van der Waals surface area contributed by atoms with E-state index in [4.69, 9.17) is 27.9 Å². The van der Waals surface area contributed by atoms with Gasteiger partial charge in [-0.2, -0.15) is 0 Å². The van der Waals surface area contributed by atoms with Crippen molar-refractivity contribution in [3.63, 3.8) is 0 Å². The van der Waals surface area contributed by atoms with Gasteiger partial charge in [-0.3, -0.25) is 4.79 Å². The van der Waals surface area contributed by atoms with Crippen LogP contribution in [0.15, 0.2) is 34.8 Å². The highest BCUT2D eigenvalue weighted by molar-refractivity contribution is 6.55. The van der Waals surface area contributed by atoms with E-state index >= 15 is 0 Å². The van der Waals surface area contributed by atoms with Crippen LogP contribution in [0.2, 0.25) is 0 Å². The summed E-state index contributed by atoms with van der Waals surface area (Å²) in [6.07, 6.45) is 1.68. The molecular weight excluding hydrogens is 325 g/mol. The van der Waals surface area contributed by atoms with Gasteiger partial charge in [-0.15, -0.1) is 0 Å². The Labute approximate surface area is 139 Å². The number of methoxy groups -OCH3 is 1. The molecule has 118 valence electrons. The number of anilines is 1. The van der Waals surface area contributed by atoms with Crippen molar-refractivity contribution in [2.75, 3.05) is 12.4 Å². The first-order valence-corrected chi connectivity index (χ1v) is 7.55. The lowest BCUT2D eigenvalue weighted by molar-refractivity contribution is -0.118. The Hall–Kier alpha value is -1.52. The molecule has 0 bridgehead atoms. The monoisotopic (exact) mass is 341 g/mol. The summed E-state index contributed by atoms with van der Waals surface area (Å²) in [4.78, 5) is 24.2. The normalized spacial score (nSPS) is 21.7. The van der Waals surface area contributed by atoms with Gasteiger partial charge in [0.1, 0.15) is 4.49 Å². The van der Waals surface area contributed by atoms with E-state index in [1.54, 1.807) is 30.3 Å². The first-order valence-electron chi connectivity index (χ1n) is 6.80. The molecule has 2 atom stereocenters. The van der Waals surface area contributed by atoms with Crippen LogP contribution in [0.3, 0.4) is 0 Å². The Morgan fingerprint density at radius 2 is 1.91 bits per heavy atom. The number of carbonyl (C=O) groups excluding carboxylic acids is 2. The summed E-state index contributed by atoms with van der Waals surface area (Å²) in [6, 6.07) is 6.72. The van der Waals surface area contributed by atoms with E-state index in [1.807, 2.05) is 13.8 Å². The minimum absolute atomic E-state index is 0.0252. The van der Waals surface area contributed by atoms with Gasteiger partial charge in [0.15, 0.2) is 0 Å². The molecule has 1 aromatic carbocycles. The van der Waals surface area contributed by atoms with E-state index in [1.165, 1.54) is 7.11 Å². The number of ether oxygens (including phenoxy) is 1. The van der Waals surface area contributed by atoms with Crippen LogP contribution in [0.5, 0.6) is 0 Å². The third-order valence-corrected chi connectivity index (χ3v) is 4.34. The molecule has 0 saturated heterocycles. The average molecular weight is 342 g/mol. The third kappa shape index (κ3) is 3.28. The summed E-state index contributed by atoms with van der Waals surface area (Å²) in [5.74, 6) is -0.933. The fourth-order valence-corrected chi connectivity index (χ4v) is 2.99. The summed E-state index contributed by atoms with van der Waals surface area (Å²) in [5.41, 5.74) is 0.528. The maximum atomic E-state index is 12.5. The van der Waals surface area contributed by atoms with Gasteiger partial charge >= 0.3 is 5.97 Å². The van der Waals surface area contributed by atoms with Gasteiger partial charge in [0.25, 0.3) is 0 Å². The predicted molar refractivity (Wildman–Crippen MR) is 87.0 cm³/mol. The molecule has 1 amide bonds. The number of esters is 1. The topological polar surface area (TPSA) is 55.4 Å². The van der Waals surface area contributed by atoms with Crippen LogP contribution >= 0.6 is 23.2 Å². The highest BCUT2D eigenvalue weighted by Gasteiger charge is 2.60. The van der Waals surface area contributed by atoms with Gasteiger partial charge in [0, 0.05) is 0 Å². The number of hydrogen-bond acceptors (Lipinski definition) is 3. The largest absolute Gasteiger partial charge is 0.465 e. The molecule has 1 aromatic rings. The van der Waals surface area contributed by atoms with Crippen LogP contribution in [-0.2, 0) is 9.53 Å². The molecule has 1 N–H and O–H groups in total. The van der Waals surface area contributed by atoms with Gasteiger partial charge in [0.2, 0.25) is 5.91 Å². The van der Waals surface area contributed by atoms with Crippen LogP contribution < -0.4 is 5.32 Å². The van der Waals surface area contributed by atoms with Crippen LogP contribution in [0.1, 0.15) is 24.2 Å². The van der Waals surface area contributed by atoms with Crippen molar-refractivity contribution in [1.29, 1.82) is 0 Å². The molecule has 6 heteroatoms. The molecule has 22 heavy (non-hydrogen) atoms. The predicted octanol–water partition coefficient (Wildman–Crippen LogP) is 4.00. The molecule has 0 unspecified atom stereocenters. The average Bonchev–Trinajstić information content (AvgIpc) is 2.98. The van der Waals surface area contributed by atoms with Crippen molar-refractivity contribution < 1.29 is 14.3 Å². The Morgan fingerprint density at radius 3 is 2.50 bits per heavy atom. The molecule has 2 rings (SSSR count). The number of nitrogens with one attached hydrogen (secondary N) is 1. The lowest BCUT2D eigenvalue weighted by Crippen LogP contribution is -2.19. The first-order chi connectivity index (χ1) is 10.3. The fraction of sp³-hybridized carbons (Fsp3) is 0.375. The van der Waals surface area contributed by atoms with Gasteiger partial charge in [-0.05, 0) is 29.5 Å². The summed E-state index contributed by atoms with van der Waals surface area (Å²) >= 11 is 11.4. The highest BCUT2D eigenvalue weighted by Crippen LogP contribution is 2.60.